The maximum Gasteiger partial charge on any atom is 0.404 e. The Hall–Kier alpha value is -0.820. The largest absolute Gasteiger partial charge is 0.404 e. The quantitative estimate of drug-likeness (QED) is 0.729. The Morgan fingerprint density at radius 2 is 1.79 bits per heavy atom. The van der Waals surface area contributed by atoms with Crippen LogP contribution in [0.2, 0.25) is 0 Å². The van der Waals surface area contributed by atoms with E-state index in [0.717, 1.165) is 0 Å². The monoisotopic (exact) mass is 282 g/mol. The molecule has 0 saturated carbocycles. The molecule has 0 bridgehead atoms. The van der Waals surface area contributed by atoms with E-state index in [4.69, 9.17) is 0 Å². The van der Waals surface area contributed by atoms with E-state index in [1.54, 1.807) is 0 Å². The Morgan fingerprint density at radius 3 is 2.11 bits per heavy atom. The number of nitrogens with one attached hydrogen (secondary N) is 2. The molecule has 1 heterocycles. The normalized spacial score (nSPS) is 25.5. The summed E-state index contributed by atoms with van der Waals surface area (Å²) in [6.45, 7) is 5.61. The van der Waals surface area contributed by atoms with Crippen molar-refractivity contribution in [3.63, 3.8) is 0 Å². The molecule has 0 aromatic heterocycles. The lowest BCUT2D eigenvalue weighted by Gasteiger charge is -2.41. The fraction of sp³-hybridized carbons (Fsp3) is 0.917. The first-order chi connectivity index (χ1) is 8.33. The molecule has 1 aliphatic heterocycles. The Balaban J connectivity index is 2.99. The van der Waals surface area contributed by atoms with Gasteiger partial charge < -0.3 is 15.7 Å². The molecule has 0 aromatic rings. The minimum atomic E-state index is -4.61. The minimum Gasteiger partial charge on any atom is -0.388 e. The van der Waals surface area contributed by atoms with Gasteiger partial charge in [-0.05, 0) is 40.7 Å². The van der Waals surface area contributed by atoms with Crippen LogP contribution < -0.4 is 10.6 Å². The lowest BCUT2D eigenvalue weighted by Crippen LogP contribution is -2.63. The van der Waals surface area contributed by atoms with Crippen LogP contribution in [0.15, 0.2) is 0 Å². The molecule has 112 valence electrons. The van der Waals surface area contributed by atoms with E-state index < -0.39 is 35.2 Å². The maximum absolute atomic E-state index is 13.2. The highest BCUT2D eigenvalue weighted by molar-refractivity contribution is 5.85. The van der Waals surface area contributed by atoms with Gasteiger partial charge in [-0.2, -0.15) is 13.2 Å². The van der Waals surface area contributed by atoms with Crippen molar-refractivity contribution in [2.45, 2.75) is 51.4 Å². The van der Waals surface area contributed by atoms with Crippen LogP contribution in [0.25, 0.3) is 0 Å². The van der Waals surface area contributed by atoms with E-state index in [1.807, 2.05) is 0 Å². The summed E-state index contributed by atoms with van der Waals surface area (Å²) in [4.78, 5) is 12.1. The van der Waals surface area contributed by atoms with Gasteiger partial charge in [-0.15, -0.1) is 0 Å². The summed E-state index contributed by atoms with van der Waals surface area (Å²) in [6, 6.07) is 0. The SMILES string of the molecule is CC(C)(O)C(C)(C)NC(=O)C1(C(F)(F)F)CCNC1. The minimum absolute atomic E-state index is 0.149. The summed E-state index contributed by atoms with van der Waals surface area (Å²) in [5.74, 6) is -1.09. The van der Waals surface area contributed by atoms with E-state index in [2.05, 4.69) is 10.6 Å². The molecule has 1 atom stereocenters. The number of amides is 1. The number of carbonyl (C=O) groups excluding carboxylic acids is 1. The van der Waals surface area contributed by atoms with Crippen molar-refractivity contribution in [2.24, 2.45) is 5.41 Å². The van der Waals surface area contributed by atoms with Crippen molar-refractivity contribution in [1.29, 1.82) is 0 Å². The van der Waals surface area contributed by atoms with Crippen molar-refractivity contribution >= 4 is 5.91 Å². The van der Waals surface area contributed by atoms with Gasteiger partial charge in [0, 0.05) is 6.54 Å². The van der Waals surface area contributed by atoms with Crippen LogP contribution in [0.4, 0.5) is 13.2 Å². The average molecular weight is 282 g/mol. The fourth-order valence-corrected chi connectivity index (χ4v) is 1.81. The molecule has 1 fully saturated rings. The Bertz CT molecular complexity index is 353. The molecule has 4 nitrogen and oxygen atoms in total. The molecule has 1 amide bonds. The summed E-state index contributed by atoms with van der Waals surface area (Å²) in [5.41, 5.74) is -4.90. The number of aliphatic hydroxyl groups is 1. The first-order valence-corrected chi connectivity index (χ1v) is 6.16. The molecule has 1 aliphatic rings. The zero-order valence-electron chi connectivity index (χ0n) is 11.6. The Labute approximate surface area is 110 Å². The first-order valence-electron chi connectivity index (χ1n) is 6.16. The molecule has 1 rings (SSSR count). The van der Waals surface area contributed by atoms with Gasteiger partial charge in [-0.3, -0.25) is 4.79 Å². The van der Waals surface area contributed by atoms with Gasteiger partial charge in [0.1, 0.15) is 0 Å². The lowest BCUT2D eigenvalue weighted by molar-refractivity contribution is -0.217. The standard InChI is InChI=1S/C12H21F3N2O2/c1-9(2,10(3,4)19)17-8(18)11(12(13,14)15)5-6-16-7-11/h16,19H,5-7H2,1-4H3,(H,17,18). The topological polar surface area (TPSA) is 61.4 Å². The zero-order valence-corrected chi connectivity index (χ0v) is 11.6. The number of hydrogen-bond acceptors (Lipinski definition) is 3. The number of carbonyl (C=O) groups is 1. The third-order valence-corrected chi connectivity index (χ3v) is 4.09. The van der Waals surface area contributed by atoms with Crippen molar-refractivity contribution < 1.29 is 23.1 Å². The van der Waals surface area contributed by atoms with E-state index >= 15 is 0 Å². The molecule has 0 spiro atoms. The Kier molecular flexibility index (Phi) is 3.95. The molecule has 1 unspecified atom stereocenters. The second kappa shape index (κ2) is 4.63. The second-order valence-electron chi connectivity index (χ2n) is 6.14. The molecule has 0 radical (unpaired) electrons. The molecule has 0 aromatic carbocycles. The predicted octanol–water partition coefficient (Wildman–Crippen LogP) is 1.19. The number of rotatable bonds is 3. The summed E-state index contributed by atoms with van der Waals surface area (Å²) in [5, 5.41) is 14.8. The molecular formula is C12H21F3N2O2. The average Bonchev–Trinajstić information content (AvgIpc) is 2.62. The van der Waals surface area contributed by atoms with Crippen LogP contribution in [0, 0.1) is 5.41 Å². The third kappa shape index (κ3) is 2.86. The van der Waals surface area contributed by atoms with E-state index in [0.29, 0.717) is 0 Å². The van der Waals surface area contributed by atoms with E-state index in [-0.39, 0.29) is 13.0 Å². The highest BCUT2D eigenvalue weighted by Crippen LogP contribution is 2.43. The molecule has 7 heteroatoms. The second-order valence-corrected chi connectivity index (χ2v) is 6.14. The smallest absolute Gasteiger partial charge is 0.388 e. The van der Waals surface area contributed by atoms with E-state index in [1.165, 1.54) is 27.7 Å². The van der Waals surface area contributed by atoms with Gasteiger partial charge in [0.15, 0.2) is 5.41 Å². The van der Waals surface area contributed by atoms with Crippen molar-refractivity contribution in [2.75, 3.05) is 13.1 Å². The lowest BCUT2D eigenvalue weighted by atomic mass is 9.81. The molecule has 1 saturated heterocycles. The summed E-state index contributed by atoms with van der Waals surface area (Å²) < 4.78 is 39.5. The van der Waals surface area contributed by atoms with Crippen LogP contribution in [0.5, 0.6) is 0 Å². The van der Waals surface area contributed by atoms with Crippen LogP contribution in [-0.4, -0.2) is 41.4 Å². The van der Waals surface area contributed by atoms with Crippen LogP contribution in [-0.2, 0) is 4.79 Å². The number of hydrogen-bond donors (Lipinski definition) is 3. The van der Waals surface area contributed by atoms with Crippen LogP contribution in [0.1, 0.15) is 34.1 Å². The van der Waals surface area contributed by atoms with Gasteiger partial charge in [0.25, 0.3) is 0 Å². The zero-order chi connectivity index (χ0) is 15.1. The number of alkyl halides is 3. The first kappa shape index (κ1) is 16.2. The van der Waals surface area contributed by atoms with E-state index in [9.17, 15) is 23.1 Å². The maximum atomic E-state index is 13.2. The van der Waals surface area contributed by atoms with Crippen molar-refractivity contribution in [3.05, 3.63) is 0 Å². The summed E-state index contributed by atoms with van der Waals surface area (Å²) >= 11 is 0. The van der Waals surface area contributed by atoms with Gasteiger partial charge in [-0.1, -0.05) is 0 Å². The number of halogens is 3. The fourth-order valence-electron chi connectivity index (χ4n) is 1.81. The molecule has 19 heavy (non-hydrogen) atoms. The van der Waals surface area contributed by atoms with Gasteiger partial charge in [0.05, 0.1) is 11.1 Å². The molecular weight excluding hydrogens is 261 g/mol. The highest BCUT2D eigenvalue weighted by atomic mass is 19.4. The van der Waals surface area contributed by atoms with Crippen molar-refractivity contribution in [1.82, 2.24) is 10.6 Å². The predicted molar refractivity (Wildman–Crippen MR) is 64.5 cm³/mol. The Morgan fingerprint density at radius 1 is 1.26 bits per heavy atom. The molecule has 3 N–H and O–H groups in total. The summed E-state index contributed by atoms with van der Waals surface area (Å²) in [6.07, 6.45) is -4.90. The summed E-state index contributed by atoms with van der Waals surface area (Å²) in [7, 11) is 0. The van der Waals surface area contributed by atoms with Crippen molar-refractivity contribution in [3.8, 4) is 0 Å². The van der Waals surface area contributed by atoms with Gasteiger partial charge in [-0.25, -0.2) is 0 Å². The van der Waals surface area contributed by atoms with Crippen LogP contribution >= 0.6 is 0 Å². The third-order valence-electron chi connectivity index (χ3n) is 4.09. The van der Waals surface area contributed by atoms with Crippen LogP contribution in [0.3, 0.4) is 0 Å². The highest BCUT2D eigenvalue weighted by Gasteiger charge is 2.62. The molecule has 0 aliphatic carbocycles. The van der Waals surface area contributed by atoms with Gasteiger partial charge in [0.2, 0.25) is 5.91 Å². The van der Waals surface area contributed by atoms with Gasteiger partial charge >= 0.3 is 6.18 Å².